The molecular formula is C27H26F3N3O3. The van der Waals surface area contributed by atoms with E-state index < -0.39 is 52.2 Å². The smallest absolute Gasteiger partial charge is 0.367 e. The average Bonchev–Trinajstić information content (AvgIpc) is 3.42. The number of ether oxygens (including phenoxy) is 1. The molecule has 3 aliphatic rings. The molecule has 2 aromatic rings. The predicted molar refractivity (Wildman–Crippen MR) is 124 cm³/mol. The molecule has 9 heteroatoms. The van der Waals surface area contributed by atoms with Crippen LogP contribution in [0.2, 0.25) is 0 Å². The fourth-order valence-corrected chi connectivity index (χ4v) is 6.22. The normalized spacial score (nSPS) is 29.2. The van der Waals surface area contributed by atoms with Crippen LogP contribution in [0, 0.1) is 23.2 Å². The largest absolute Gasteiger partial charge is 0.417 e. The molecule has 4 unspecified atom stereocenters. The molecular weight excluding hydrogens is 471 g/mol. The molecule has 5 rings (SSSR count). The summed E-state index contributed by atoms with van der Waals surface area (Å²) in [7, 11) is 1.98. The number of imide groups is 1. The van der Waals surface area contributed by atoms with Crippen LogP contribution in [0.5, 0.6) is 0 Å². The number of rotatable bonds is 6. The van der Waals surface area contributed by atoms with Crippen molar-refractivity contribution in [3.05, 3.63) is 65.2 Å². The van der Waals surface area contributed by atoms with E-state index in [0.717, 1.165) is 22.6 Å². The summed E-state index contributed by atoms with van der Waals surface area (Å²) >= 11 is 0. The number of anilines is 1. The van der Waals surface area contributed by atoms with Gasteiger partial charge in [0.25, 0.3) is 0 Å². The Hall–Kier alpha value is -3.22. The molecule has 36 heavy (non-hydrogen) atoms. The van der Waals surface area contributed by atoms with Gasteiger partial charge in [-0.25, -0.2) is 4.90 Å². The molecule has 0 aliphatic carbocycles. The molecule has 188 valence electrons. The molecule has 0 radical (unpaired) electrons. The molecule has 3 fully saturated rings. The van der Waals surface area contributed by atoms with E-state index in [0.29, 0.717) is 32.4 Å². The van der Waals surface area contributed by atoms with E-state index in [1.165, 1.54) is 12.1 Å². The molecule has 6 nitrogen and oxygen atoms in total. The molecule has 4 atom stereocenters. The van der Waals surface area contributed by atoms with Crippen LogP contribution < -0.4 is 4.90 Å². The summed E-state index contributed by atoms with van der Waals surface area (Å²) < 4.78 is 47.1. The highest BCUT2D eigenvalue weighted by Gasteiger charge is 2.73. The van der Waals surface area contributed by atoms with Gasteiger partial charge in [0.1, 0.15) is 0 Å². The number of benzene rings is 2. The standard InChI is InChI=1S/C27H26F3N3O3/c1-25-10-11-26(36-25,12-13-32(2)16-17-6-4-3-5-7-17)22-21(25)23(34)33(24(22)35)19-9-8-18(15-31)20(14-19)27(28,29)30/h3-9,14,21-22H,10-13,16H2,1-2H3. The Morgan fingerprint density at radius 3 is 2.47 bits per heavy atom. The number of nitriles is 1. The van der Waals surface area contributed by atoms with Gasteiger partial charge in [-0.05, 0) is 57.0 Å². The number of halogens is 3. The first-order valence-electron chi connectivity index (χ1n) is 11.9. The van der Waals surface area contributed by atoms with Crippen molar-refractivity contribution >= 4 is 17.5 Å². The maximum absolute atomic E-state index is 13.7. The van der Waals surface area contributed by atoms with Crippen molar-refractivity contribution in [3.63, 3.8) is 0 Å². The number of carbonyl (C=O) groups excluding carboxylic acids is 2. The number of alkyl halides is 3. The fraction of sp³-hybridized carbons (Fsp3) is 0.444. The van der Waals surface area contributed by atoms with Crippen LogP contribution in [0.15, 0.2) is 48.5 Å². The number of carbonyl (C=O) groups is 2. The summed E-state index contributed by atoms with van der Waals surface area (Å²) in [5.74, 6) is -2.57. The molecule has 0 saturated carbocycles. The van der Waals surface area contributed by atoms with Crippen molar-refractivity contribution in [2.75, 3.05) is 18.5 Å². The predicted octanol–water partition coefficient (Wildman–Crippen LogP) is 4.53. The van der Waals surface area contributed by atoms with Crippen LogP contribution in [0.1, 0.15) is 42.9 Å². The molecule has 0 aromatic heterocycles. The van der Waals surface area contributed by atoms with E-state index >= 15 is 0 Å². The summed E-state index contributed by atoms with van der Waals surface area (Å²) in [5, 5.41) is 9.10. The van der Waals surface area contributed by atoms with Crippen molar-refractivity contribution in [1.82, 2.24) is 4.90 Å². The lowest BCUT2D eigenvalue weighted by atomic mass is 9.67. The van der Waals surface area contributed by atoms with Crippen LogP contribution in [-0.4, -0.2) is 41.5 Å². The summed E-state index contributed by atoms with van der Waals surface area (Å²) in [4.78, 5) is 30.2. The van der Waals surface area contributed by atoms with Gasteiger partial charge in [0.15, 0.2) is 0 Å². The van der Waals surface area contributed by atoms with Gasteiger partial charge in [0, 0.05) is 13.1 Å². The SMILES string of the molecule is CN(CCC12CCC(C)(O1)C1C(=O)N(c3ccc(C#N)c(C(F)(F)F)c3)C(=O)C12)Cc1ccccc1. The monoisotopic (exact) mass is 497 g/mol. The Morgan fingerprint density at radius 1 is 1.11 bits per heavy atom. The Kier molecular flexibility index (Phi) is 5.73. The Balaban J connectivity index is 1.42. The molecule has 3 aliphatic heterocycles. The van der Waals surface area contributed by atoms with Crippen molar-refractivity contribution in [3.8, 4) is 6.07 Å². The molecule has 3 heterocycles. The lowest BCUT2D eigenvalue weighted by Gasteiger charge is -2.32. The number of hydrogen-bond acceptors (Lipinski definition) is 5. The number of nitrogens with zero attached hydrogens (tertiary/aromatic N) is 3. The molecule has 0 spiro atoms. The van der Waals surface area contributed by atoms with E-state index in [9.17, 15) is 22.8 Å². The summed E-state index contributed by atoms with van der Waals surface area (Å²) in [5.41, 5.74) is -2.42. The summed E-state index contributed by atoms with van der Waals surface area (Å²) in [6.45, 7) is 3.17. The number of fused-ring (bicyclic) bond motifs is 5. The summed E-state index contributed by atoms with van der Waals surface area (Å²) in [6, 6.07) is 14.5. The van der Waals surface area contributed by atoms with Crippen LogP contribution in [0.25, 0.3) is 0 Å². The lowest BCUT2D eigenvalue weighted by Crippen LogP contribution is -2.44. The van der Waals surface area contributed by atoms with Gasteiger partial charge in [0.2, 0.25) is 11.8 Å². The second-order valence-electron chi connectivity index (χ2n) is 10.3. The topological polar surface area (TPSA) is 73.6 Å². The highest BCUT2D eigenvalue weighted by molar-refractivity contribution is 6.23. The minimum Gasteiger partial charge on any atom is -0.367 e. The molecule has 2 aromatic carbocycles. The second-order valence-corrected chi connectivity index (χ2v) is 10.3. The van der Waals surface area contributed by atoms with Crippen molar-refractivity contribution in [2.24, 2.45) is 11.8 Å². The van der Waals surface area contributed by atoms with E-state index in [4.69, 9.17) is 10.00 Å². The average molecular weight is 498 g/mol. The quantitative estimate of drug-likeness (QED) is 0.549. The van der Waals surface area contributed by atoms with Crippen molar-refractivity contribution in [2.45, 2.75) is 50.1 Å². The Morgan fingerprint density at radius 2 is 1.81 bits per heavy atom. The van der Waals surface area contributed by atoms with Crippen LogP contribution >= 0.6 is 0 Å². The minimum absolute atomic E-state index is 0.162. The van der Waals surface area contributed by atoms with E-state index in [-0.39, 0.29) is 5.69 Å². The van der Waals surface area contributed by atoms with E-state index in [2.05, 4.69) is 4.90 Å². The van der Waals surface area contributed by atoms with Gasteiger partial charge in [-0.1, -0.05) is 30.3 Å². The zero-order chi connectivity index (χ0) is 25.9. The van der Waals surface area contributed by atoms with Crippen molar-refractivity contribution < 1.29 is 27.5 Å². The third-order valence-electron chi connectivity index (χ3n) is 7.91. The van der Waals surface area contributed by atoms with Gasteiger partial charge in [-0.15, -0.1) is 0 Å². The number of amides is 2. The third-order valence-corrected chi connectivity index (χ3v) is 7.91. The lowest BCUT2D eigenvalue weighted by molar-refractivity contribution is -0.138. The van der Waals surface area contributed by atoms with Gasteiger partial charge >= 0.3 is 6.18 Å². The third kappa shape index (κ3) is 3.80. The van der Waals surface area contributed by atoms with Crippen LogP contribution in [0.4, 0.5) is 18.9 Å². The van der Waals surface area contributed by atoms with Gasteiger partial charge < -0.3 is 9.64 Å². The molecule has 3 saturated heterocycles. The highest BCUT2D eigenvalue weighted by Crippen LogP contribution is 2.62. The minimum atomic E-state index is -4.79. The molecule has 2 amide bonds. The second kappa shape index (κ2) is 8.43. The Labute approximate surface area is 207 Å². The zero-order valence-corrected chi connectivity index (χ0v) is 20.0. The molecule has 2 bridgehead atoms. The van der Waals surface area contributed by atoms with Gasteiger partial charge in [-0.2, -0.15) is 18.4 Å². The zero-order valence-electron chi connectivity index (χ0n) is 20.0. The first-order chi connectivity index (χ1) is 17.0. The van der Waals surface area contributed by atoms with Gasteiger partial charge in [0.05, 0.1) is 45.9 Å². The fourth-order valence-electron chi connectivity index (χ4n) is 6.22. The van der Waals surface area contributed by atoms with Gasteiger partial charge in [-0.3, -0.25) is 9.59 Å². The number of hydrogen-bond donors (Lipinski definition) is 0. The summed E-state index contributed by atoms with van der Waals surface area (Å²) in [6.07, 6.45) is -3.05. The Bertz CT molecular complexity index is 1260. The maximum atomic E-state index is 13.7. The first-order valence-corrected chi connectivity index (χ1v) is 11.9. The first kappa shape index (κ1) is 24.5. The highest BCUT2D eigenvalue weighted by atomic mass is 19.4. The van der Waals surface area contributed by atoms with Crippen molar-refractivity contribution in [1.29, 1.82) is 5.26 Å². The molecule has 0 N–H and O–H groups in total. The van der Waals surface area contributed by atoms with Crippen LogP contribution in [0.3, 0.4) is 0 Å². The van der Waals surface area contributed by atoms with Crippen LogP contribution in [-0.2, 0) is 27.0 Å². The van der Waals surface area contributed by atoms with E-state index in [1.54, 1.807) is 0 Å². The maximum Gasteiger partial charge on any atom is 0.417 e. The van der Waals surface area contributed by atoms with E-state index in [1.807, 2.05) is 44.3 Å².